The molecule has 0 bridgehead atoms. The van der Waals surface area contributed by atoms with E-state index < -0.39 is 0 Å². The Bertz CT molecular complexity index is 1010. The van der Waals surface area contributed by atoms with E-state index in [0.717, 1.165) is 41.5 Å². The van der Waals surface area contributed by atoms with Gasteiger partial charge in [0.15, 0.2) is 5.82 Å². The van der Waals surface area contributed by atoms with Gasteiger partial charge in [-0.15, -0.1) is 0 Å². The molecule has 4 rings (SSSR count). The van der Waals surface area contributed by atoms with Crippen molar-refractivity contribution >= 4 is 11.7 Å². The highest BCUT2D eigenvalue weighted by Crippen LogP contribution is 2.29. The Labute approximate surface area is 183 Å². The Morgan fingerprint density at radius 3 is 2.32 bits per heavy atom. The number of aromatic nitrogens is 2. The maximum Gasteiger partial charge on any atom is 0.251 e. The van der Waals surface area contributed by atoms with Crippen LogP contribution in [0.1, 0.15) is 48.1 Å². The summed E-state index contributed by atoms with van der Waals surface area (Å²) in [6.45, 7) is 3.99. The number of carbonyl (C=O) groups is 1. The minimum Gasteiger partial charge on any atom is -0.497 e. The second kappa shape index (κ2) is 9.60. The van der Waals surface area contributed by atoms with Crippen LogP contribution in [0.5, 0.6) is 5.75 Å². The smallest absolute Gasteiger partial charge is 0.251 e. The number of piperidine rings is 1. The lowest BCUT2D eigenvalue weighted by molar-refractivity contribution is 0.0940. The third kappa shape index (κ3) is 4.85. The largest absolute Gasteiger partial charge is 0.497 e. The summed E-state index contributed by atoms with van der Waals surface area (Å²) >= 11 is 0. The van der Waals surface area contributed by atoms with Gasteiger partial charge in [0.05, 0.1) is 13.2 Å². The van der Waals surface area contributed by atoms with Crippen molar-refractivity contribution in [2.75, 3.05) is 25.1 Å². The van der Waals surface area contributed by atoms with Gasteiger partial charge in [-0.1, -0.05) is 24.3 Å². The average molecular weight is 417 g/mol. The van der Waals surface area contributed by atoms with Crippen LogP contribution in [0, 0.1) is 0 Å². The zero-order chi connectivity index (χ0) is 21.6. The number of benzene rings is 2. The molecule has 0 radical (unpaired) electrons. The van der Waals surface area contributed by atoms with Gasteiger partial charge in [0.25, 0.3) is 5.91 Å². The SMILES string of the molecule is COc1ccc([C@@H](C)NC(=O)c2ccc(-c3nccnc3N3CCCCC3)cc2)cc1. The summed E-state index contributed by atoms with van der Waals surface area (Å²) in [4.78, 5) is 24.2. The molecule has 1 aromatic heterocycles. The standard InChI is InChI=1S/C25H28N4O2/c1-18(19-10-12-22(31-2)13-11-19)28-25(30)21-8-6-20(7-9-21)23-24(27-15-14-26-23)29-16-4-3-5-17-29/h6-15,18H,3-5,16-17H2,1-2H3,(H,28,30)/t18-/m1/s1. The molecule has 6 heteroatoms. The molecule has 1 atom stereocenters. The fourth-order valence-corrected chi connectivity index (χ4v) is 3.91. The molecule has 0 unspecified atom stereocenters. The molecule has 1 fully saturated rings. The lowest BCUT2D eigenvalue weighted by Gasteiger charge is -2.28. The number of methoxy groups -OCH3 is 1. The van der Waals surface area contributed by atoms with Crippen LogP contribution in [0.3, 0.4) is 0 Å². The second-order valence-corrected chi connectivity index (χ2v) is 7.82. The lowest BCUT2D eigenvalue weighted by Crippen LogP contribution is -2.30. The number of rotatable bonds is 6. The van der Waals surface area contributed by atoms with Crippen LogP contribution in [0.15, 0.2) is 60.9 Å². The van der Waals surface area contributed by atoms with Crippen molar-refractivity contribution in [2.24, 2.45) is 0 Å². The zero-order valence-corrected chi connectivity index (χ0v) is 18.0. The molecular formula is C25H28N4O2. The minimum atomic E-state index is -0.108. The Morgan fingerprint density at radius 1 is 0.968 bits per heavy atom. The summed E-state index contributed by atoms with van der Waals surface area (Å²) in [5.41, 5.74) is 3.47. The van der Waals surface area contributed by atoms with Crippen LogP contribution in [0.25, 0.3) is 11.3 Å². The summed E-state index contributed by atoms with van der Waals surface area (Å²) in [7, 11) is 1.64. The first kappa shape index (κ1) is 20.8. The molecule has 31 heavy (non-hydrogen) atoms. The van der Waals surface area contributed by atoms with Crippen molar-refractivity contribution in [2.45, 2.75) is 32.2 Å². The van der Waals surface area contributed by atoms with Crippen molar-refractivity contribution < 1.29 is 9.53 Å². The first-order valence-corrected chi connectivity index (χ1v) is 10.8. The van der Waals surface area contributed by atoms with Crippen LogP contribution in [0.4, 0.5) is 5.82 Å². The Hall–Kier alpha value is -3.41. The van der Waals surface area contributed by atoms with E-state index in [-0.39, 0.29) is 11.9 Å². The quantitative estimate of drug-likeness (QED) is 0.634. The van der Waals surface area contributed by atoms with E-state index in [1.54, 1.807) is 19.5 Å². The molecule has 0 saturated carbocycles. The zero-order valence-electron chi connectivity index (χ0n) is 18.0. The summed E-state index contributed by atoms with van der Waals surface area (Å²) < 4.78 is 5.19. The summed E-state index contributed by atoms with van der Waals surface area (Å²) in [6.07, 6.45) is 7.10. The van der Waals surface area contributed by atoms with Gasteiger partial charge >= 0.3 is 0 Å². The van der Waals surface area contributed by atoms with E-state index in [9.17, 15) is 4.79 Å². The fraction of sp³-hybridized carbons (Fsp3) is 0.320. The van der Waals surface area contributed by atoms with E-state index in [0.29, 0.717) is 5.56 Å². The van der Waals surface area contributed by atoms with Gasteiger partial charge in [-0.05, 0) is 56.0 Å². The van der Waals surface area contributed by atoms with Crippen LogP contribution < -0.4 is 15.0 Å². The van der Waals surface area contributed by atoms with E-state index >= 15 is 0 Å². The Balaban J connectivity index is 1.47. The number of amides is 1. The maximum atomic E-state index is 12.7. The van der Waals surface area contributed by atoms with Gasteiger partial charge in [-0.3, -0.25) is 9.78 Å². The molecule has 0 aliphatic carbocycles. The van der Waals surface area contributed by atoms with Gasteiger partial charge in [0.2, 0.25) is 0 Å². The molecule has 1 aliphatic rings. The van der Waals surface area contributed by atoms with Crippen molar-refractivity contribution in [1.82, 2.24) is 15.3 Å². The summed E-state index contributed by atoms with van der Waals surface area (Å²) in [6, 6.07) is 15.2. The van der Waals surface area contributed by atoms with E-state index in [2.05, 4.69) is 20.2 Å². The van der Waals surface area contributed by atoms with Gasteiger partial charge < -0.3 is 15.0 Å². The highest BCUT2D eigenvalue weighted by molar-refractivity contribution is 5.95. The molecule has 0 spiro atoms. The molecule has 1 amide bonds. The van der Waals surface area contributed by atoms with Gasteiger partial charge in [-0.2, -0.15) is 0 Å². The van der Waals surface area contributed by atoms with E-state index in [1.807, 2.05) is 55.5 Å². The molecule has 1 aliphatic heterocycles. The lowest BCUT2D eigenvalue weighted by atomic mass is 10.1. The first-order chi connectivity index (χ1) is 15.2. The summed E-state index contributed by atoms with van der Waals surface area (Å²) in [5, 5.41) is 3.06. The molecule has 1 saturated heterocycles. The predicted molar refractivity (Wildman–Crippen MR) is 122 cm³/mol. The number of ether oxygens (including phenoxy) is 1. The molecule has 1 N–H and O–H groups in total. The van der Waals surface area contributed by atoms with Crippen molar-refractivity contribution in [1.29, 1.82) is 0 Å². The van der Waals surface area contributed by atoms with Crippen LogP contribution in [-0.2, 0) is 0 Å². The monoisotopic (exact) mass is 416 g/mol. The van der Waals surface area contributed by atoms with Gasteiger partial charge in [-0.25, -0.2) is 4.98 Å². The van der Waals surface area contributed by atoms with Gasteiger partial charge in [0, 0.05) is 36.6 Å². The van der Waals surface area contributed by atoms with E-state index in [1.165, 1.54) is 19.3 Å². The van der Waals surface area contributed by atoms with Crippen LogP contribution in [-0.4, -0.2) is 36.1 Å². The molecule has 2 heterocycles. The molecule has 6 nitrogen and oxygen atoms in total. The fourth-order valence-electron chi connectivity index (χ4n) is 3.91. The number of hydrogen-bond acceptors (Lipinski definition) is 5. The summed E-state index contributed by atoms with van der Waals surface area (Å²) in [5.74, 6) is 1.61. The molecule has 160 valence electrons. The maximum absolute atomic E-state index is 12.7. The Morgan fingerprint density at radius 2 is 1.65 bits per heavy atom. The molecular weight excluding hydrogens is 388 g/mol. The predicted octanol–water partition coefficient (Wildman–Crippen LogP) is 4.63. The number of hydrogen-bond donors (Lipinski definition) is 1. The highest BCUT2D eigenvalue weighted by Gasteiger charge is 2.18. The Kier molecular flexibility index (Phi) is 6.46. The second-order valence-electron chi connectivity index (χ2n) is 7.82. The first-order valence-electron chi connectivity index (χ1n) is 10.8. The average Bonchev–Trinajstić information content (AvgIpc) is 2.84. The van der Waals surface area contributed by atoms with Crippen molar-refractivity contribution in [3.63, 3.8) is 0 Å². The third-order valence-electron chi connectivity index (χ3n) is 5.72. The highest BCUT2D eigenvalue weighted by atomic mass is 16.5. The molecule has 3 aromatic rings. The normalized spacial score (nSPS) is 14.7. The molecule has 2 aromatic carbocycles. The topological polar surface area (TPSA) is 67.3 Å². The van der Waals surface area contributed by atoms with Crippen LogP contribution in [0.2, 0.25) is 0 Å². The number of nitrogens with zero attached hydrogens (tertiary/aromatic N) is 3. The number of anilines is 1. The third-order valence-corrected chi connectivity index (χ3v) is 5.72. The number of carbonyl (C=O) groups excluding carboxylic acids is 1. The van der Waals surface area contributed by atoms with E-state index in [4.69, 9.17) is 4.74 Å². The minimum absolute atomic E-state index is 0.106. The number of nitrogens with one attached hydrogen (secondary N) is 1. The van der Waals surface area contributed by atoms with Gasteiger partial charge in [0.1, 0.15) is 11.4 Å². The van der Waals surface area contributed by atoms with Crippen molar-refractivity contribution in [3.8, 4) is 17.0 Å². The van der Waals surface area contributed by atoms with Crippen LogP contribution >= 0.6 is 0 Å². The van der Waals surface area contributed by atoms with Crippen molar-refractivity contribution in [3.05, 3.63) is 72.1 Å².